The molecule has 0 heterocycles. The number of hydrogen-bond acceptors (Lipinski definition) is 8. The summed E-state index contributed by atoms with van der Waals surface area (Å²) in [6.45, 7) is 4.16. The van der Waals surface area contributed by atoms with Gasteiger partial charge in [0.2, 0.25) is 0 Å². The van der Waals surface area contributed by atoms with Crippen molar-refractivity contribution in [3.63, 3.8) is 0 Å². The van der Waals surface area contributed by atoms with Crippen LogP contribution < -0.4 is 4.89 Å². The third kappa shape index (κ3) is 36.3. The molecule has 0 aliphatic heterocycles. The van der Waals surface area contributed by atoms with E-state index in [2.05, 4.69) is 38.2 Å². The Balaban J connectivity index is 4.38. The smallest absolute Gasteiger partial charge is 0.306 e. The van der Waals surface area contributed by atoms with Gasteiger partial charge in [-0.1, -0.05) is 134 Å². The van der Waals surface area contributed by atoms with Gasteiger partial charge in [0.1, 0.15) is 19.8 Å². The third-order valence-electron chi connectivity index (χ3n) is 8.47. The van der Waals surface area contributed by atoms with Crippen LogP contribution in [0.25, 0.3) is 0 Å². The van der Waals surface area contributed by atoms with Crippen LogP contribution >= 0.6 is 7.82 Å². The predicted molar refractivity (Wildman–Crippen MR) is 204 cm³/mol. The summed E-state index contributed by atoms with van der Waals surface area (Å²) in [5, 5.41) is 0. The van der Waals surface area contributed by atoms with E-state index in [1.807, 2.05) is 21.1 Å². The fourth-order valence-corrected chi connectivity index (χ4v) is 6.00. The van der Waals surface area contributed by atoms with E-state index in [4.69, 9.17) is 18.5 Å². The number of quaternary nitrogens is 1. The largest absolute Gasteiger partial charge is 0.756 e. The van der Waals surface area contributed by atoms with Crippen molar-refractivity contribution < 1.29 is 42.1 Å². The Labute approximate surface area is 307 Å². The lowest BCUT2D eigenvalue weighted by Gasteiger charge is -2.28. The van der Waals surface area contributed by atoms with Crippen molar-refractivity contribution in [3.8, 4) is 0 Å². The maximum atomic E-state index is 12.6. The Hall–Kier alpha value is -1.51. The molecule has 0 amide bonds. The fourth-order valence-electron chi connectivity index (χ4n) is 5.27. The number of rotatable bonds is 36. The van der Waals surface area contributed by atoms with E-state index in [1.165, 1.54) is 83.5 Å². The van der Waals surface area contributed by atoms with Gasteiger partial charge in [-0.25, -0.2) is 0 Å². The zero-order valence-electron chi connectivity index (χ0n) is 32.8. The molecule has 0 saturated heterocycles. The Morgan fingerprint density at radius 2 is 1.08 bits per heavy atom. The molecule has 0 aromatic carbocycles. The summed E-state index contributed by atoms with van der Waals surface area (Å²) in [5.74, 6) is -0.845. The quantitative estimate of drug-likeness (QED) is 0.0206. The summed E-state index contributed by atoms with van der Waals surface area (Å²) < 4.78 is 33.7. The van der Waals surface area contributed by atoms with Crippen LogP contribution in [0.5, 0.6) is 0 Å². The number of carbonyl (C=O) groups is 2. The molecule has 50 heavy (non-hydrogen) atoms. The van der Waals surface area contributed by atoms with E-state index in [9.17, 15) is 19.0 Å². The molecule has 0 fully saturated rings. The van der Waals surface area contributed by atoms with Crippen molar-refractivity contribution in [1.82, 2.24) is 0 Å². The number of unbranched alkanes of at least 4 members (excludes halogenated alkanes) is 18. The zero-order valence-corrected chi connectivity index (χ0v) is 33.7. The molecule has 9 nitrogen and oxygen atoms in total. The molecule has 0 N–H and O–H groups in total. The molecule has 0 aromatic rings. The van der Waals surface area contributed by atoms with Gasteiger partial charge in [0.25, 0.3) is 7.82 Å². The lowest BCUT2D eigenvalue weighted by molar-refractivity contribution is -0.870. The van der Waals surface area contributed by atoms with E-state index in [0.717, 1.165) is 51.4 Å². The number of carbonyl (C=O) groups excluding carboxylic acids is 2. The number of hydrogen-bond donors (Lipinski definition) is 0. The number of allylic oxidation sites excluding steroid dienone is 4. The lowest BCUT2D eigenvalue weighted by atomic mass is 10.1. The van der Waals surface area contributed by atoms with Crippen molar-refractivity contribution >= 4 is 19.8 Å². The monoisotopic (exact) mass is 730 g/mol. The molecule has 0 aromatic heterocycles. The van der Waals surface area contributed by atoms with E-state index in [1.54, 1.807) is 0 Å². The number of nitrogens with zero attached hydrogens (tertiary/aromatic N) is 1. The maximum Gasteiger partial charge on any atom is 0.306 e. The molecule has 0 bridgehead atoms. The average Bonchev–Trinajstić information content (AvgIpc) is 3.06. The first kappa shape index (κ1) is 48.5. The van der Waals surface area contributed by atoms with Crippen LogP contribution in [0.1, 0.15) is 168 Å². The number of ether oxygens (including phenoxy) is 2. The minimum atomic E-state index is -4.62. The molecular weight excluding hydrogens is 653 g/mol. The number of esters is 2. The van der Waals surface area contributed by atoms with Gasteiger partial charge in [0.05, 0.1) is 27.7 Å². The Morgan fingerprint density at radius 3 is 1.62 bits per heavy atom. The number of likely N-dealkylation sites (N-methyl/N-ethyl adjacent to an activating group) is 1. The second-order valence-electron chi connectivity index (χ2n) is 14.7. The Bertz CT molecular complexity index is 918. The molecule has 2 atom stereocenters. The highest BCUT2D eigenvalue weighted by atomic mass is 31.2. The summed E-state index contributed by atoms with van der Waals surface area (Å²) in [7, 11) is 1.16. The molecule has 0 saturated carbocycles. The van der Waals surface area contributed by atoms with Crippen LogP contribution in [0.15, 0.2) is 24.3 Å². The van der Waals surface area contributed by atoms with Gasteiger partial charge in [0, 0.05) is 12.8 Å². The van der Waals surface area contributed by atoms with Crippen LogP contribution in [0, 0.1) is 0 Å². The van der Waals surface area contributed by atoms with Gasteiger partial charge >= 0.3 is 11.9 Å². The van der Waals surface area contributed by atoms with E-state index < -0.39 is 26.5 Å². The first-order valence-electron chi connectivity index (χ1n) is 20.0. The van der Waals surface area contributed by atoms with E-state index in [0.29, 0.717) is 17.4 Å². The molecule has 0 spiro atoms. The van der Waals surface area contributed by atoms with Crippen LogP contribution in [-0.4, -0.2) is 70.0 Å². The molecule has 10 heteroatoms. The molecule has 0 aliphatic rings. The fraction of sp³-hybridized carbons (Fsp3) is 0.850. The van der Waals surface area contributed by atoms with E-state index in [-0.39, 0.29) is 32.0 Å². The van der Waals surface area contributed by atoms with Gasteiger partial charge < -0.3 is 27.9 Å². The van der Waals surface area contributed by atoms with Crippen LogP contribution in [0.4, 0.5) is 0 Å². The summed E-state index contributed by atoms with van der Waals surface area (Å²) in [4.78, 5) is 37.3. The minimum absolute atomic E-state index is 0.0311. The van der Waals surface area contributed by atoms with E-state index >= 15 is 0 Å². The summed E-state index contributed by atoms with van der Waals surface area (Å²) >= 11 is 0. The summed E-state index contributed by atoms with van der Waals surface area (Å²) in [6.07, 6.45) is 33.5. The minimum Gasteiger partial charge on any atom is -0.756 e. The van der Waals surface area contributed by atoms with Gasteiger partial charge in [-0.15, -0.1) is 0 Å². The maximum absolute atomic E-state index is 12.6. The summed E-state index contributed by atoms with van der Waals surface area (Å²) in [6, 6.07) is 0. The van der Waals surface area contributed by atoms with Crippen molar-refractivity contribution in [1.29, 1.82) is 0 Å². The van der Waals surface area contributed by atoms with Gasteiger partial charge in [-0.3, -0.25) is 14.2 Å². The summed E-state index contributed by atoms with van der Waals surface area (Å²) in [5.41, 5.74) is 0. The lowest BCUT2D eigenvalue weighted by Crippen LogP contribution is -2.37. The molecule has 0 aliphatic carbocycles. The molecule has 294 valence electrons. The van der Waals surface area contributed by atoms with Crippen molar-refractivity contribution in [2.75, 3.05) is 47.5 Å². The van der Waals surface area contributed by atoms with Crippen LogP contribution in [0.2, 0.25) is 0 Å². The zero-order chi connectivity index (χ0) is 37.2. The Kier molecular flexibility index (Phi) is 32.3. The van der Waals surface area contributed by atoms with Gasteiger partial charge in [0.15, 0.2) is 6.10 Å². The number of phosphoric acid groups is 1. The number of phosphoric ester groups is 1. The van der Waals surface area contributed by atoms with Crippen molar-refractivity contribution in [2.45, 2.75) is 174 Å². The Morgan fingerprint density at radius 1 is 0.620 bits per heavy atom. The van der Waals surface area contributed by atoms with Gasteiger partial charge in [-0.05, 0) is 44.9 Å². The molecule has 1 unspecified atom stereocenters. The highest BCUT2D eigenvalue weighted by molar-refractivity contribution is 7.45. The topological polar surface area (TPSA) is 111 Å². The standard InChI is InChI=1S/C40H76NO8P/c1-6-8-10-12-14-16-17-18-19-20-21-22-23-25-27-29-31-33-40(43)49-38(37-48-50(44,45)47-35-34-41(3,4)5)36-46-39(42)32-30-28-26-24-15-13-11-9-7-2/h14,16,18-19,38H,6-13,15,17,20-37H2,1-5H3/b16-14-,19-18-/t38-/m1/s1. The molecular formula is C40H76NO8P. The first-order valence-corrected chi connectivity index (χ1v) is 21.5. The normalized spacial score (nSPS) is 14.0. The highest BCUT2D eigenvalue weighted by Gasteiger charge is 2.21. The predicted octanol–water partition coefficient (Wildman–Crippen LogP) is 10.2. The highest BCUT2D eigenvalue weighted by Crippen LogP contribution is 2.38. The average molecular weight is 730 g/mol. The molecule has 0 radical (unpaired) electrons. The third-order valence-corrected chi connectivity index (χ3v) is 9.44. The SMILES string of the molecule is CCCCC/C=C\C/C=C\CCCCCCCCCC(=O)O[C@H](COC(=O)CCCCCCCCCCC)COP(=O)([O-])OCC[N+](C)(C)C. The molecule has 0 rings (SSSR count). The van der Waals surface area contributed by atoms with Crippen LogP contribution in [-0.2, 0) is 32.7 Å². The second kappa shape index (κ2) is 33.3. The first-order chi connectivity index (χ1) is 24.0. The van der Waals surface area contributed by atoms with Crippen molar-refractivity contribution in [2.24, 2.45) is 0 Å². The second-order valence-corrected chi connectivity index (χ2v) is 16.1. The van der Waals surface area contributed by atoms with Crippen molar-refractivity contribution in [3.05, 3.63) is 24.3 Å². The van der Waals surface area contributed by atoms with Crippen LogP contribution in [0.3, 0.4) is 0 Å². The van der Waals surface area contributed by atoms with Gasteiger partial charge in [-0.2, -0.15) is 0 Å².